The highest BCUT2D eigenvalue weighted by Crippen LogP contribution is 2.38. The van der Waals surface area contributed by atoms with Crippen molar-refractivity contribution in [3.63, 3.8) is 0 Å². The molecule has 0 unspecified atom stereocenters. The lowest BCUT2D eigenvalue weighted by Crippen LogP contribution is -2.41. The fraction of sp³-hybridized carbons (Fsp3) is 0.438. The molecule has 1 aliphatic rings. The standard InChI is InChI=1S/C16H20BNO2/c1-12(10-13-6-8-14(11-18)9-7-13)17-19-15(2,3)16(4,5)20-17/h6-10H,1-5H3/b12-10+. The summed E-state index contributed by atoms with van der Waals surface area (Å²) in [6, 6.07) is 9.58. The molecule has 0 bridgehead atoms. The molecule has 1 aromatic rings. The van der Waals surface area contributed by atoms with Crippen LogP contribution in [0.5, 0.6) is 0 Å². The highest BCUT2D eigenvalue weighted by atomic mass is 16.7. The fourth-order valence-corrected chi connectivity index (χ4v) is 2.01. The highest BCUT2D eigenvalue weighted by Gasteiger charge is 2.51. The van der Waals surface area contributed by atoms with Gasteiger partial charge in [-0.1, -0.05) is 18.2 Å². The quantitative estimate of drug-likeness (QED) is 0.770. The summed E-state index contributed by atoms with van der Waals surface area (Å²) < 4.78 is 12.0. The molecule has 0 aromatic heterocycles. The van der Waals surface area contributed by atoms with Crippen LogP contribution < -0.4 is 0 Å². The van der Waals surface area contributed by atoms with Crippen molar-refractivity contribution >= 4 is 13.2 Å². The van der Waals surface area contributed by atoms with Crippen molar-refractivity contribution in [2.45, 2.75) is 45.8 Å². The van der Waals surface area contributed by atoms with Crippen molar-refractivity contribution in [1.82, 2.24) is 0 Å². The summed E-state index contributed by atoms with van der Waals surface area (Å²) >= 11 is 0. The zero-order valence-electron chi connectivity index (χ0n) is 12.7. The van der Waals surface area contributed by atoms with Crippen LogP contribution in [0.15, 0.2) is 29.7 Å². The van der Waals surface area contributed by atoms with Crippen molar-refractivity contribution in [3.05, 3.63) is 40.9 Å². The Morgan fingerprint density at radius 1 is 1.10 bits per heavy atom. The molecular formula is C16H20BNO2. The molecule has 104 valence electrons. The summed E-state index contributed by atoms with van der Waals surface area (Å²) in [5.41, 5.74) is 2.08. The Balaban J connectivity index is 2.18. The van der Waals surface area contributed by atoms with E-state index < -0.39 is 0 Å². The number of hydrogen-bond donors (Lipinski definition) is 0. The van der Waals surface area contributed by atoms with Gasteiger partial charge in [0.1, 0.15) is 0 Å². The van der Waals surface area contributed by atoms with Gasteiger partial charge in [0.15, 0.2) is 0 Å². The summed E-state index contributed by atoms with van der Waals surface area (Å²) in [6.45, 7) is 10.2. The summed E-state index contributed by atoms with van der Waals surface area (Å²) in [5.74, 6) is 0. The van der Waals surface area contributed by atoms with Gasteiger partial charge in [0, 0.05) is 0 Å². The van der Waals surface area contributed by atoms with Crippen LogP contribution in [-0.4, -0.2) is 18.3 Å². The Labute approximate surface area is 121 Å². The third-order valence-electron chi connectivity index (χ3n) is 4.06. The van der Waals surface area contributed by atoms with Crippen LogP contribution >= 0.6 is 0 Å². The van der Waals surface area contributed by atoms with Crippen LogP contribution in [0.3, 0.4) is 0 Å². The molecule has 0 atom stereocenters. The van der Waals surface area contributed by atoms with E-state index in [1.54, 1.807) is 0 Å². The average molecular weight is 269 g/mol. The molecular weight excluding hydrogens is 249 g/mol. The van der Waals surface area contributed by atoms with Crippen molar-refractivity contribution in [3.8, 4) is 6.07 Å². The van der Waals surface area contributed by atoms with Crippen molar-refractivity contribution < 1.29 is 9.31 Å². The Kier molecular flexibility index (Phi) is 3.77. The molecule has 1 saturated heterocycles. The van der Waals surface area contributed by atoms with E-state index >= 15 is 0 Å². The maximum atomic E-state index is 8.79. The lowest BCUT2D eigenvalue weighted by molar-refractivity contribution is 0.00578. The SMILES string of the molecule is C/C(=C\c1ccc(C#N)cc1)B1OC(C)(C)C(C)(C)O1. The number of hydrogen-bond acceptors (Lipinski definition) is 3. The van der Waals surface area contributed by atoms with Gasteiger partial charge >= 0.3 is 7.12 Å². The Bertz CT molecular complexity index is 551. The van der Waals surface area contributed by atoms with Gasteiger partial charge in [-0.05, 0) is 57.8 Å². The van der Waals surface area contributed by atoms with E-state index in [2.05, 4.69) is 6.07 Å². The molecule has 4 heteroatoms. The number of nitriles is 1. The Morgan fingerprint density at radius 3 is 2.05 bits per heavy atom. The first kappa shape index (κ1) is 14.8. The molecule has 0 N–H and O–H groups in total. The number of allylic oxidation sites excluding steroid dienone is 1. The van der Waals surface area contributed by atoms with Gasteiger partial charge in [-0.2, -0.15) is 5.26 Å². The second-order valence-corrected chi connectivity index (χ2v) is 6.21. The lowest BCUT2D eigenvalue weighted by atomic mass is 9.78. The molecule has 1 aliphatic heterocycles. The largest absolute Gasteiger partial charge is 0.490 e. The fourth-order valence-electron chi connectivity index (χ4n) is 2.01. The van der Waals surface area contributed by atoms with Crippen LogP contribution in [0.4, 0.5) is 0 Å². The third-order valence-corrected chi connectivity index (χ3v) is 4.06. The zero-order chi connectivity index (χ0) is 15.0. The van der Waals surface area contributed by atoms with Crippen molar-refractivity contribution in [2.75, 3.05) is 0 Å². The maximum Gasteiger partial charge on any atom is 0.490 e. The van der Waals surface area contributed by atoms with Gasteiger partial charge in [-0.25, -0.2) is 0 Å². The molecule has 2 rings (SSSR count). The van der Waals surface area contributed by atoms with E-state index in [4.69, 9.17) is 14.6 Å². The highest BCUT2D eigenvalue weighted by molar-refractivity contribution is 6.55. The zero-order valence-corrected chi connectivity index (χ0v) is 12.7. The number of nitrogens with zero attached hydrogens (tertiary/aromatic N) is 1. The third kappa shape index (κ3) is 2.79. The molecule has 1 fully saturated rings. The van der Waals surface area contributed by atoms with E-state index in [1.807, 2.05) is 65.0 Å². The topological polar surface area (TPSA) is 42.2 Å². The summed E-state index contributed by atoms with van der Waals surface area (Å²) in [5, 5.41) is 8.79. The molecule has 0 saturated carbocycles. The minimum Gasteiger partial charge on any atom is -0.400 e. The van der Waals surface area contributed by atoms with Gasteiger partial charge in [0.2, 0.25) is 0 Å². The van der Waals surface area contributed by atoms with E-state index in [-0.39, 0.29) is 18.3 Å². The molecule has 0 radical (unpaired) electrons. The predicted molar refractivity (Wildman–Crippen MR) is 80.9 cm³/mol. The first-order valence-corrected chi connectivity index (χ1v) is 6.79. The summed E-state index contributed by atoms with van der Waals surface area (Å²) in [6.07, 6.45) is 2.03. The van der Waals surface area contributed by atoms with Crippen molar-refractivity contribution in [2.24, 2.45) is 0 Å². The molecule has 0 amide bonds. The smallest absolute Gasteiger partial charge is 0.400 e. The Morgan fingerprint density at radius 2 is 1.60 bits per heavy atom. The van der Waals surface area contributed by atoms with E-state index in [0.29, 0.717) is 5.56 Å². The summed E-state index contributed by atoms with van der Waals surface area (Å²) in [4.78, 5) is 0. The minimum atomic E-state index is -0.323. The van der Waals surface area contributed by atoms with Crippen LogP contribution in [0.2, 0.25) is 0 Å². The second kappa shape index (κ2) is 5.08. The van der Waals surface area contributed by atoms with Gasteiger partial charge in [0.05, 0.1) is 22.8 Å². The van der Waals surface area contributed by atoms with Crippen LogP contribution in [0.1, 0.15) is 45.7 Å². The minimum absolute atomic E-state index is 0.322. The van der Waals surface area contributed by atoms with E-state index in [9.17, 15) is 0 Å². The molecule has 1 heterocycles. The second-order valence-electron chi connectivity index (χ2n) is 6.21. The monoisotopic (exact) mass is 269 g/mol. The lowest BCUT2D eigenvalue weighted by Gasteiger charge is -2.32. The van der Waals surface area contributed by atoms with Gasteiger partial charge in [-0.3, -0.25) is 0 Å². The summed E-state index contributed by atoms with van der Waals surface area (Å²) in [7, 11) is -0.323. The molecule has 0 spiro atoms. The average Bonchev–Trinajstić information content (AvgIpc) is 2.59. The van der Waals surface area contributed by atoms with Crippen LogP contribution in [0, 0.1) is 11.3 Å². The predicted octanol–water partition coefficient (Wildman–Crippen LogP) is 3.59. The van der Waals surface area contributed by atoms with E-state index in [1.165, 1.54) is 0 Å². The molecule has 1 aromatic carbocycles. The van der Waals surface area contributed by atoms with Gasteiger partial charge in [-0.15, -0.1) is 0 Å². The van der Waals surface area contributed by atoms with Gasteiger partial charge < -0.3 is 9.31 Å². The normalized spacial score (nSPS) is 20.8. The first-order valence-electron chi connectivity index (χ1n) is 6.79. The van der Waals surface area contributed by atoms with E-state index in [0.717, 1.165) is 11.0 Å². The van der Waals surface area contributed by atoms with Crippen LogP contribution in [0.25, 0.3) is 6.08 Å². The number of rotatable bonds is 2. The van der Waals surface area contributed by atoms with Crippen LogP contribution in [-0.2, 0) is 9.31 Å². The maximum absolute atomic E-state index is 8.79. The molecule has 0 aliphatic carbocycles. The van der Waals surface area contributed by atoms with Crippen molar-refractivity contribution in [1.29, 1.82) is 5.26 Å². The first-order chi connectivity index (χ1) is 9.25. The Hall–Kier alpha value is -1.57. The number of benzene rings is 1. The molecule has 20 heavy (non-hydrogen) atoms. The van der Waals surface area contributed by atoms with Gasteiger partial charge in [0.25, 0.3) is 0 Å². The molecule has 3 nitrogen and oxygen atoms in total.